The number of hydrogen-bond donors (Lipinski definition) is 2. The molecule has 0 saturated carbocycles. The Bertz CT molecular complexity index is 1450. The Morgan fingerprint density at radius 3 is 2.42 bits per heavy atom. The number of alkyl halides is 3. The summed E-state index contributed by atoms with van der Waals surface area (Å²) in [6, 6.07) is 13.7. The number of nitro groups is 1. The van der Waals surface area contributed by atoms with Crippen LogP contribution < -0.4 is 10.6 Å². The van der Waals surface area contributed by atoms with Crippen molar-refractivity contribution in [2.24, 2.45) is 0 Å². The minimum absolute atomic E-state index is 0.0306. The molecule has 0 radical (unpaired) electrons. The quantitative estimate of drug-likeness (QED) is 0.294. The van der Waals surface area contributed by atoms with E-state index >= 15 is 0 Å². The van der Waals surface area contributed by atoms with Crippen molar-refractivity contribution in [1.82, 2.24) is 14.8 Å². The van der Waals surface area contributed by atoms with Gasteiger partial charge < -0.3 is 10.6 Å². The van der Waals surface area contributed by atoms with Gasteiger partial charge in [-0.05, 0) is 42.5 Å². The molecule has 3 aromatic carbocycles. The number of amides is 2. The van der Waals surface area contributed by atoms with E-state index in [0.717, 1.165) is 24.3 Å². The van der Waals surface area contributed by atoms with Crippen molar-refractivity contribution in [1.29, 1.82) is 0 Å². The maximum absolute atomic E-state index is 13.0. The molecule has 13 heteroatoms. The maximum atomic E-state index is 13.0. The van der Waals surface area contributed by atoms with Gasteiger partial charge in [-0.15, -0.1) is 0 Å². The molecule has 2 N–H and O–H groups in total. The number of nitrogens with one attached hydrogen (secondary N) is 2. The first-order valence-electron chi connectivity index (χ1n) is 10.2. The van der Waals surface area contributed by atoms with Gasteiger partial charge in [0.1, 0.15) is 18.3 Å². The van der Waals surface area contributed by atoms with Gasteiger partial charge in [-0.3, -0.25) is 19.7 Å². The number of benzene rings is 3. The van der Waals surface area contributed by atoms with Gasteiger partial charge in [0.15, 0.2) is 0 Å². The Labute approximate surface area is 200 Å². The molecule has 4 aromatic rings. The largest absolute Gasteiger partial charge is 0.416 e. The Hall–Kier alpha value is -5.07. The molecule has 0 aliphatic rings. The first kappa shape index (κ1) is 24.1. The van der Waals surface area contributed by atoms with Crippen molar-refractivity contribution in [3.05, 3.63) is 106 Å². The summed E-state index contributed by atoms with van der Waals surface area (Å²) in [5.41, 5.74) is -1.38. The van der Waals surface area contributed by atoms with Crippen LogP contribution in [0.3, 0.4) is 0 Å². The standard InChI is InChI=1S/C23H15F3N6O4/c24-23(25,26)15-4-3-5-16(11-15)29-22(34)17-6-1-2-7-18(17)30-21(33)14-8-9-19(20(10-14)32(35)36)31-13-27-12-28-31/h1-13H,(H,29,34)(H,30,33). The Morgan fingerprint density at radius 1 is 0.944 bits per heavy atom. The number of nitro benzene ring substituents is 1. The van der Waals surface area contributed by atoms with E-state index < -0.39 is 34.2 Å². The Morgan fingerprint density at radius 2 is 1.72 bits per heavy atom. The van der Waals surface area contributed by atoms with Crippen molar-refractivity contribution in [2.45, 2.75) is 6.18 Å². The topological polar surface area (TPSA) is 132 Å². The third kappa shape index (κ3) is 5.19. The molecule has 0 aliphatic carbocycles. The van der Waals surface area contributed by atoms with Gasteiger partial charge >= 0.3 is 6.18 Å². The fourth-order valence-corrected chi connectivity index (χ4v) is 3.29. The molecule has 0 spiro atoms. The number of aromatic nitrogens is 3. The van der Waals surface area contributed by atoms with Crippen molar-refractivity contribution in [3.8, 4) is 5.69 Å². The molecule has 1 aromatic heterocycles. The lowest BCUT2D eigenvalue weighted by Gasteiger charge is -2.13. The fraction of sp³-hybridized carbons (Fsp3) is 0.0435. The molecule has 0 atom stereocenters. The van der Waals surface area contributed by atoms with Crippen LogP contribution in [-0.4, -0.2) is 31.5 Å². The predicted molar refractivity (Wildman–Crippen MR) is 122 cm³/mol. The number of halogens is 3. The molecule has 10 nitrogen and oxygen atoms in total. The molecule has 36 heavy (non-hydrogen) atoms. The van der Waals surface area contributed by atoms with Crippen LogP contribution in [0.2, 0.25) is 0 Å². The van der Waals surface area contributed by atoms with Crippen molar-refractivity contribution < 1.29 is 27.7 Å². The van der Waals surface area contributed by atoms with Crippen molar-refractivity contribution in [2.75, 3.05) is 10.6 Å². The zero-order valence-electron chi connectivity index (χ0n) is 18.1. The number of para-hydroxylation sites is 1. The molecule has 0 saturated heterocycles. The van der Waals surface area contributed by atoms with Crippen LogP contribution in [-0.2, 0) is 6.18 Å². The highest BCUT2D eigenvalue weighted by Crippen LogP contribution is 2.31. The zero-order valence-corrected chi connectivity index (χ0v) is 18.1. The molecule has 0 bridgehead atoms. The lowest BCUT2D eigenvalue weighted by atomic mass is 10.1. The first-order chi connectivity index (χ1) is 17.1. The Kier molecular flexibility index (Phi) is 6.46. The van der Waals surface area contributed by atoms with E-state index in [9.17, 15) is 32.9 Å². The van der Waals surface area contributed by atoms with Gasteiger partial charge in [0.25, 0.3) is 17.5 Å². The van der Waals surface area contributed by atoms with E-state index in [1.54, 1.807) is 0 Å². The van der Waals surface area contributed by atoms with Crippen molar-refractivity contribution in [3.63, 3.8) is 0 Å². The number of anilines is 2. The van der Waals surface area contributed by atoms with Crippen molar-refractivity contribution >= 4 is 28.9 Å². The van der Waals surface area contributed by atoms with Gasteiger partial charge in [0.05, 0.1) is 21.7 Å². The van der Waals surface area contributed by atoms with Crippen LogP contribution in [0.5, 0.6) is 0 Å². The average Bonchev–Trinajstić information content (AvgIpc) is 3.38. The minimum Gasteiger partial charge on any atom is -0.322 e. The first-order valence-corrected chi connectivity index (χ1v) is 10.2. The van der Waals surface area contributed by atoms with Crippen LogP contribution in [0.4, 0.5) is 30.2 Å². The molecule has 0 aliphatic heterocycles. The van der Waals surface area contributed by atoms with Crippen LogP contribution >= 0.6 is 0 Å². The van der Waals surface area contributed by atoms with Gasteiger partial charge in [-0.1, -0.05) is 18.2 Å². The molecule has 182 valence electrons. The lowest BCUT2D eigenvalue weighted by Crippen LogP contribution is -2.19. The van der Waals surface area contributed by atoms with E-state index in [-0.39, 0.29) is 28.2 Å². The number of carbonyl (C=O) groups excluding carboxylic acids is 2. The van der Waals surface area contributed by atoms with Crippen LogP contribution in [0, 0.1) is 10.1 Å². The van der Waals surface area contributed by atoms with E-state index in [1.807, 2.05) is 0 Å². The third-order valence-electron chi connectivity index (χ3n) is 4.97. The highest BCUT2D eigenvalue weighted by atomic mass is 19.4. The highest BCUT2D eigenvalue weighted by molar-refractivity contribution is 6.12. The molecule has 0 fully saturated rings. The maximum Gasteiger partial charge on any atom is 0.416 e. The number of nitrogens with zero attached hydrogens (tertiary/aromatic N) is 4. The smallest absolute Gasteiger partial charge is 0.322 e. The third-order valence-corrected chi connectivity index (χ3v) is 4.97. The minimum atomic E-state index is -4.58. The monoisotopic (exact) mass is 496 g/mol. The van der Waals surface area contributed by atoms with Crippen LogP contribution in [0.25, 0.3) is 5.69 Å². The second-order valence-corrected chi connectivity index (χ2v) is 7.33. The van der Waals surface area contributed by atoms with E-state index in [1.165, 1.54) is 59.8 Å². The summed E-state index contributed by atoms with van der Waals surface area (Å²) in [6.45, 7) is 0. The molecule has 1 heterocycles. The van der Waals surface area contributed by atoms with E-state index in [2.05, 4.69) is 20.7 Å². The summed E-state index contributed by atoms with van der Waals surface area (Å²) < 4.78 is 40.1. The van der Waals surface area contributed by atoms with Crippen LogP contribution in [0.1, 0.15) is 26.3 Å². The van der Waals surface area contributed by atoms with Crippen LogP contribution in [0.15, 0.2) is 79.4 Å². The second kappa shape index (κ2) is 9.66. The van der Waals surface area contributed by atoms with Gasteiger partial charge in [-0.2, -0.15) is 18.3 Å². The highest BCUT2D eigenvalue weighted by Gasteiger charge is 2.30. The van der Waals surface area contributed by atoms with E-state index in [4.69, 9.17) is 0 Å². The SMILES string of the molecule is O=C(Nc1ccccc1C(=O)Nc1cccc(C(F)(F)F)c1)c1ccc(-n2cncn2)c([N+](=O)[O-])c1. The summed E-state index contributed by atoms with van der Waals surface area (Å²) in [5.74, 6) is -1.51. The number of rotatable bonds is 6. The van der Waals surface area contributed by atoms with E-state index in [0.29, 0.717) is 0 Å². The average molecular weight is 496 g/mol. The normalized spacial score (nSPS) is 11.1. The van der Waals surface area contributed by atoms with Gasteiger partial charge in [0.2, 0.25) is 0 Å². The zero-order chi connectivity index (χ0) is 25.9. The predicted octanol–water partition coefficient (Wildman–Crippen LogP) is 4.70. The molecular formula is C23H15F3N6O4. The second-order valence-electron chi connectivity index (χ2n) is 7.33. The van der Waals surface area contributed by atoms with Gasteiger partial charge in [-0.25, -0.2) is 9.67 Å². The summed E-state index contributed by atoms with van der Waals surface area (Å²) in [6.07, 6.45) is -2.12. The fourth-order valence-electron chi connectivity index (χ4n) is 3.29. The molecule has 2 amide bonds. The lowest BCUT2D eigenvalue weighted by molar-refractivity contribution is -0.384. The summed E-state index contributed by atoms with van der Waals surface area (Å²) in [7, 11) is 0. The summed E-state index contributed by atoms with van der Waals surface area (Å²) in [4.78, 5) is 40.2. The summed E-state index contributed by atoms with van der Waals surface area (Å²) >= 11 is 0. The molecule has 0 unspecified atom stereocenters. The molecule has 4 rings (SSSR count). The number of hydrogen-bond acceptors (Lipinski definition) is 6. The Balaban J connectivity index is 1.57. The molecular weight excluding hydrogens is 481 g/mol. The summed E-state index contributed by atoms with van der Waals surface area (Å²) in [5, 5.41) is 20.3. The number of carbonyl (C=O) groups is 2. The van der Waals surface area contributed by atoms with Gasteiger partial charge in [0, 0.05) is 17.3 Å².